The number of carbonyl (C=O) groups excluding carboxylic acids is 2. The summed E-state index contributed by atoms with van der Waals surface area (Å²) in [6.07, 6.45) is -1.56. The molecule has 3 rings (SSSR count). The van der Waals surface area contributed by atoms with E-state index >= 15 is 0 Å². The maximum atomic E-state index is 13.3. The molecule has 0 aromatic heterocycles. The van der Waals surface area contributed by atoms with Crippen LogP contribution in [0.15, 0.2) is 71.4 Å². The number of alkyl carbamates (subject to hydrolysis) is 1. The van der Waals surface area contributed by atoms with Gasteiger partial charge in [-0.15, -0.1) is 0 Å². The Bertz CT molecular complexity index is 1110. The van der Waals surface area contributed by atoms with E-state index in [-0.39, 0.29) is 23.9 Å². The third-order valence-corrected chi connectivity index (χ3v) is 5.06. The topological polar surface area (TPSA) is 95.1 Å². The molecule has 34 heavy (non-hydrogen) atoms. The van der Waals surface area contributed by atoms with Crippen LogP contribution in [0.4, 0.5) is 14.0 Å². The van der Waals surface area contributed by atoms with Crippen molar-refractivity contribution in [3.8, 4) is 5.75 Å². The molecule has 2 aromatic rings. The summed E-state index contributed by atoms with van der Waals surface area (Å²) in [7, 11) is 1.20. The van der Waals surface area contributed by atoms with Gasteiger partial charge in [-0.25, -0.2) is 14.0 Å². The van der Waals surface area contributed by atoms with Crippen LogP contribution in [0.3, 0.4) is 0 Å². The fourth-order valence-corrected chi connectivity index (χ4v) is 3.51. The minimum atomic E-state index is -0.914. The van der Waals surface area contributed by atoms with Crippen molar-refractivity contribution in [2.75, 3.05) is 13.7 Å². The van der Waals surface area contributed by atoms with E-state index in [1.54, 1.807) is 57.2 Å². The van der Waals surface area contributed by atoms with Crippen LogP contribution in [-0.2, 0) is 20.8 Å². The zero-order valence-electron chi connectivity index (χ0n) is 19.4. The number of rotatable bonds is 7. The second-order valence-corrected chi connectivity index (χ2v) is 7.47. The smallest absolute Gasteiger partial charge is 0.489 e. The van der Waals surface area contributed by atoms with E-state index in [2.05, 4.69) is 10.6 Å². The van der Waals surface area contributed by atoms with Crippen LogP contribution in [0, 0.1) is 5.82 Å². The Morgan fingerprint density at radius 1 is 1.00 bits per heavy atom. The first-order chi connectivity index (χ1) is 16.3. The molecule has 9 heteroatoms. The van der Waals surface area contributed by atoms with Crippen LogP contribution < -0.4 is 15.4 Å². The van der Waals surface area contributed by atoms with Crippen LogP contribution in [0.25, 0.3) is 0 Å². The van der Waals surface area contributed by atoms with E-state index in [4.69, 9.17) is 18.9 Å². The van der Waals surface area contributed by atoms with Gasteiger partial charge < -0.3 is 29.6 Å². The number of hydrogen-bond donors (Lipinski definition) is 2. The number of para-hydroxylation sites is 1. The highest BCUT2D eigenvalue weighted by molar-refractivity contribution is 5.70. The summed E-state index contributed by atoms with van der Waals surface area (Å²) in [5, 5.41) is 5.68. The fourth-order valence-electron chi connectivity index (χ4n) is 3.51. The number of carbonyl (C=O) groups is 2. The molecule has 1 unspecified atom stereocenters. The van der Waals surface area contributed by atoms with Gasteiger partial charge in [-0.3, -0.25) is 0 Å². The van der Waals surface area contributed by atoms with Crippen molar-refractivity contribution in [3.63, 3.8) is 0 Å². The van der Waals surface area contributed by atoms with Crippen LogP contribution in [-0.4, -0.2) is 25.9 Å². The van der Waals surface area contributed by atoms with Gasteiger partial charge in [0, 0.05) is 12.1 Å². The molecular weight excluding hydrogens is 443 g/mol. The summed E-state index contributed by atoms with van der Waals surface area (Å²) < 4.78 is 35.1. The minimum Gasteiger partial charge on any atom is -0.489 e. The number of allylic oxidation sites excluding steroid dienone is 2. The van der Waals surface area contributed by atoms with Gasteiger partial charge in [0.25, 0.3) is 0 Å². The third kappa shape index (κ3) is 5.86. The largest absolute Gasteiger partial charge is 0.513 e. The number of ether oxygens (including phenoxy) is 4. The van der Waals surface area contributed by atoms with Crippen LogP contribution >= 0.6 is 0 Å². The van der Waals surface area contributed by atoms with Crippen molar-refractivity contribution in [2.24, 2.45) is 0 Å². The number of benzene rings is 2. The average molecular weight is 470 g/mol. The van der Waals surface area contributed by atoms with Crippen molar-refractivity contribution in [2.45, 2.75) is 33.3 Å². The maximum Gasteiger partial charge on any atom is 0.513 e. The zero-order valence-corrected chi connectivity index (χ0v) is 19.4. The summed E-state index contributed by atoms with van der Waals surface area (Å²) in [4.78, 5) is 24.4. The molecular formula is C25H27FN2O6. The molecule has 2 aromatic carbocycles. The number of methoxy groups -OCH3 is 1. The second-order valence-electron chi connectivity index (χ2n) is 7.47. The minimum absolute atomic E-state index is 0.174. The molecule has 0 saturated carbocycles. The van der Waals surface area contributed by atoms with E-state index in [1.165, 1.54) is 19.2 Å². The molecule has 1 aliphatic heterocycles. The van der Waals surface area contributed by atoms with E-state index in [0.717, 1.165) is 5.56 Å². The summed E-state index contributed by atoms with van der Waals surface area (Å²) in [5.41, 5.74) is 2.48. The Balaban J connectivity index is 2.02. The lowest BCUT2D eigenvalue weighted by atomic mass is 9.90. The van der Waals surface area contributed by atoms with Gasteiger partial charge in [0.2, 0.25) is 0 Å². The fraction of sp³-hybridized carbons (Fsp3) is 0.280. The Labute approximate surface area is 197 Å². The number of dihydropyridines is 1. The predicted molar refractivity (Wildman–Crippen MR) is 122 cm³/mol. The SMILES string of the molecule is CCNC(=O)OC1=C(C)NC(C)=C(OC(=O)OC)C1c1ccccc1OCc1ccc(F)cc1. The Hall–Kier alpha value is -4.01. The number of halogens is 1. The molecule has 0 fully saturated rings. The molecule has 1 aliphatic rings. The standard InChI is InChI=1S/C25H27FN2O6/c1-5-27-24(29)33-22-15(2)28-16(3)23(34-25(30)31-4)21(22)19-8-6-7-9-20(19)32-14-17-10-12-18(26)13-11-17/h6-13,21,28H,5,14H2,1-4H3,(H,27,29). The van der Waals surface area contributed by atoms with E-state index in [9.17, 15) is 14.0 Å². The maximum absolute atomic E-state index is 13.3. The highest BCUT2D eigenvalue weighted by Gasteiger charge is 2.36. The van der Waals surface area contributed by atoms with Gasteiger partial charge in [0.1, 0.15) is 35.6 Å². The van der Waals surface area contributed by atoms with Gasteiger partial charge >= 0.3 is 12.2 Å². The molecule has 0 spiro atoms. The van der Waals surface area contributed by atoms with Crippen LogP contribution in [0.1, 0.15) is 37.8 Å². The predicted octanol–water partition coefficient (Wildman–Crippen LogP) is 5.08. The summed E-state index contributed by atoms with van der Waals surface area (Å²) in [6.45, 7) is 5.81. The average Bonchev–Trinajstić information content (AvgIpc) is 2.82. The first-order valence-electron chi connectivity index (χ1n) is 10.7. The van der Waals surface area contributed by atoms with Gasteiger partial charge in [-0.2, -0.15) is 0 Å². The number of nitrogens with one attached hydrogen (secondary N) is 2. The molecule has 2 N–H and O–H groups in total. The highest BCUT2D eigenvalue weighted by atomic mass is 19.1. The molecule has 0 aliphatic carbocycles. The third-order valence-electron chi connectivity index (χ3n) is 5.06. The molecule has 1 heterocycles. The van der Waals surface area contributed by atoms with Crippen molar-refractivity contribution in [1.82, 2.24) is 10.6 Å². The van der Waals surface area contributed by atoms with E-state index in [1.807, 2.05) is 0 Å². The van der Waals surface area contributed by atoms with Gasteiger partial charge in [0.15, 0.2) is 0 Å². The Morgan fingerprint density at radius 2 is 1.65 bits per heavy atom. The summed E-state index contributed by atoms with van der Waals surface area (Å²) in [6, 6.07) is 13.1. The molecule has 1 amide bonds. The van der Waals surface area contributed by atoms with Crippen LogP contribution in [0.2, 0.25) is 0 Å². The number of hydrogen-bond acceptors (Lipinski definition) is 7. The first-order valence-corrected chi connectivity index (χ1v) is 10.7. The molecule has 1 atom stereocenters. The lowest BCUT2D eigenvalue weighted by Gasteiger charge is -2.31. The molecule has 180 valence electrons. The number of amides is 1. The molecule has 0 bridgehead atoms. The molecule has 0 saturated heterocycles. The highest BCUT2D eigenvalue weighted by Crippen LogP contribution is 2.43. The summed E-state index contributed by atoms with van der Waals surface area (Å²) >= 11 is 0. The second kappa shape index (κ2) is 11.2. The normalized spacial score (nSPS) is 15.4. The molecule has 0 radical (unpaired) electrons. The molecule has 8 nitrogen and oxygen atoms in total. The Morgan fingerprint density at radius 3 is 2.29 bits per heavy atom. The van der Waals surface area contributed by atoms with Gasteiger partial charge in [-0.05, 0) is 44.5 Å². The van der Waals surface area contributed by atoms with Crippen molar-refractivity contribution in [3.05, 3.63) is 88.4 Å². The van der Waals surface area contributed by atoms with E-state index < -0.39 is 18.2 Å². The van der Waals surface area contributed by atoms with Crippen molar-refractivity contribution < 1.29 is 32.9 Å². The monoisotopic (exact) mass is 470 g/mol. The van der Waals surface area contributed by atoms with Crippen molar-refractivity contribution >= 4 is 12.2 Å². The van der Waals surface area contributed by atoms with Crippen LogP contribution in [0.5, 0.6) is 5.75 Å². The first kappa shape index (κ1) is 24.6. The Kier molecular flexibility index (Phi) is 8.13. The summed E-state index contributed by atoms with van der Waals surface area (Å²) in [5.74, 6) is -0.200. The van der Waals surface area contributed by atoms with E-state index in [0.29, 0.717) is 29.3 Å². The van der Waals surface area contributed by atoms with Gasteiger partial charge in [-0.1, -0.05) is 30.3 Å². The zero-order chi connectivity index (χ0) is 24.7. The lowest BCUT2D eigenvalue weighted by Crippen LogP contribution is -2.32. The quantitative estimate of drug-likeness (QED) is 0.545. The lowest BCUT2D eigenvalue weighted by molar-refractivity contribution is 0.0886. The van der Waals surface area contributed by atoms with Gasteiger partial charge in [0.05, 0.1) is 18.5 Å². The van der Waals surface area contributed by atoms with Crippen molar-refractivity contribution in [1.29, 1.82) is 0 Å².